The van der Waals surface area contributed by atoms with Gasteiger partial charge in [-0.2, -0.15) is 13.6 Å². The van der Waals surface area contributed by atoms with Crippen molar-refractivity contribution in [1.29, 1.82) is 0 Å². The van der Waals surface area contributed by atoms with E-state index in [4.69, 9.17) is 16.7 Å². The molecule has 1 unspecified atom stereocenters. The number of benzene rings is 2. The van der Waals surface area contributed by atoms with Crippen molar-refractivity contribution in [3.05, 3.63) is 59.1 Å². The number of hydrogen-bond acceptors (Lipinski definition) is 4. The molecule has 2 aliphatic heterocycles. The molecule has 2 aliphatic rings. The van der Waals surface area contributed by atoms with Crippen LogP contribution < -0.4 is 19.7 Å². The van der Waals surface area contributed by atoms with Crippen LogP contribution in [0.3, 0.4) is 0 Å². The van der Waals surface area contributed by atoms with Gasteiger partial charge in [-0.05, 0) is 38.1 Å². The molecule has 1 spiro atoms. The molecule has 1 fully saturated rings. The van der Waals surface area contributed by atoms with Gasteiger partial charge >= 0.3 is 16.2 Å². The van der Waals surface area contributed by atoms with Gasteiger partial charge in [0.25, 0.3) is 0 Å². The number of quaternary nitrogens is 1. The Bertz CT molecular complexity index is 1040. The van der Waals surface area contributed by atoms with E-state index in [1.54, 1.807) is 36.4 Å². The Hall–Kier alpha value is -1.97. The standard InChI is InChI=1S/C19H21ClN4O3S/c20-15-6-2-3-7-16(15)23-18(25)24(28(21,26)27)13-19(9-11-22-12-10-19)14-5-1-4-8-17(14)24/h1-8,22H,9-13H2,(H2-,21,23,25,26,27)/p+1. The zero-order valence-electron chi connectivity index (χ0n) is 15.2. The molecule has 7 nitrogen and oxygen atoms in total. The number of fused-ring (bicyclic) bond motifs is 2. The topological polar surface area (TPSA) is 101 Å². The lowest BCUT2D eigenvalue weighted by molar-refractivity contribution is 0.225. The fraction of sp³-hybridized carbons (Fsp3) is 0.316. The number of rotatable bonds is 2. The number of nitrogens with one attached hydrogen (secondary N) is 2. The summed E-state index contributed by atoms with van der Waals surface area (Å²) in [7, 11) is -4.32. The summed E-state index contributed by atoms with van der Waals surface area (Å²) in [6, 6.07) is 13.2. The zero-order valence-corrected chi connectivity index (χ0v) is 16.8. The Morgan fingerprint density at radius 2 is 1.75 bits per heavy atom. The Labute approximate surface area is 169 Å². The third kappa shape index (κ3) is 2.84. The predicted octanol–water partition coefficient (Wildman–Crippen LogP) is 2.72. The zero-order chi connectivity index (χ0) is 20.0. The summed E-state index contributed by atoms with van der Waals surface area (Å²) >= 11 is 6.17. The number of hydrogen-bond donors (Lipinski definition) is 3. The number of piperidine rings is 1. The van der Waals surface area contributed by atoms with Gasteiger partial charge in [-0.15, -0.1) is 0 Å². The van der Waals surface area contributed by atoms with E-state index >= 15 is 0 Å². The predicted molar refractivity (Wildman–Crippen MR) is 110 cm³/mol. The second-order valence-corrected chi connectivity index (χ2v) is 9.43. The van der Waals surface area contributed by atoms with Crippen LogP contribution in [0, 0.1) is 0 Å². The number of para-hydroxylation sites is 2. The van der Waals surface area contributed by atoms with Crippen LogP contribution >= 0.6 is 11.6 Å². The summed E-state index contributed by atoms with van der Waals surface area (Å²) in [4.78, 5) is 13.5. The van der Waals surface area contributed by atoms with Gasteiger partial charge in [-0.25, -0.2) is 4.79 Å². The molecule has 9 heteroatoms. The molecule has 2 aromatic carbocycles. The van der Waals surface area contributed by atoms with E-state index in [-0.39, 0.29) is 6.54 Å². The van der Waals surface area contributed by atoms with Crippen LogP contribution in [0.2, 0.25) is 5.02 Å². The van der Waals surface area contributed by atoms with Gasteiger partial charge in [0, 0.05) is 11.6 Å². The van der Waals surface area contributed by atoms with Crippen LogP contribution in [-0.2, 0) is 15.6 Å². The largest absolute Gasteiger partial charge is 0.442 e. The van der Waals surface area contributed by atoms with Gasteiger partial charge in [0.05, 0.1) is 16.1 Å². The third-order valence-electron chi connectivity index (χ3n) is 5.83. The van der Waals surface area contributed by atoms with E-state index in [9.17, 15) is 13.2 Å². The number of nitrogens with zero attached hydrogens (tertiary/aromatic N) is 1. The van der Waals surface area contributed by atoms with Crippen LogP contribution in [0.4, 0.5) is 16.2 Å². The van der Waals surface area contributed by atoms with E-state index in [2.05, 4.69) is 10.6 Å². The fourth-order valence-electron chi connectivity index (χ4n) is 4.46. The van der Waals surface area contributed by atoms with Crippen LogP contribution in [0.1, 0.15) is 18.4 Å². The lowest BCUT2D eigenvalue weighted by atomic mass is 9.75. The molecule has 0 saturated carbocycles. The number of amides is 2. The van der Waals surface area contributed by atoms with E-state index < -0.39 is 25.5 Å². The second-order valence-electron chi connectivity index (χ2n) is 7.37. The Balaban J connectivity index is 1.87. The average Bonchev–Trinajstić information content (AvgIpc) is 2.96. The van der Waals surface area contributed by atoms with Crippen molar-refractivity contribution in [3.63, 3.8) is 0 Å². The number of anilines is 1. The van der Waals surface area contributed by atoms with Crippen molar-refractivity contribution in [2.24, 2.45) is 5.14 Å². The van der Waals surface area contributed by atoms with Crippen molar-refractivity contribution in [2.45, 2.75) is 18.3 Å². The van der Waals surface area contributed by atoms with E-state index in [0.29, 0.717) is 16.4 Å². The molecule has 2 aromatic rings. The minimum absolute atomic E-state index is 0.0726. The smallest absolute Gasteiger partial charge is 0.317 e. The first-order valence-electron chi connectivity index (χ1n) is 9.08. The van der Waals surface area contributed by atoms with Crippen molar-refractivity contribution in [2.75, 3.05) is 25.0 Å². The molecule has 0 radical (unpaired) electrons. The van der Waals surface area contributed by atoms with Gasteiger partial charge in [0.2, 0.25) is 0 Å². The molecule has 0 bridgehead atoms. The van der Waals surface area contributed by atoms with E-state index in [1.807, 2.05) is 12.1 Å². The minimum atomic E-state index is -4.32. The quantitative estimate of drug-likeness (QED) is 0.649. The van der Waals surface area contributed by atoms with Crippen LogP contribution in [-0.4, -0.2) is 34.1 Å². The molecule has 1 atom stereocenters. The average molecular weight is 422 g/mol. The van der Waals surface area contributed by atoms with Gasteiger partial charge in [0.15, 0.2) is 5.69 Å². The maximum absolute atomic E-state index is 13.5. The maximum atomic E-state index is 13.5. The van der Waals surface area contributed by atoms with Gasteiger partial charge in [-0.1, -0.05) is 45.8 Å². The highest BCUT2D eigenvalue weighted by Crippen LogP contribution is 2.51. The van der Waals surface area contributed by atoms with E-state index in [0.717, 1.165) is 31.5 Å². The van der Waals surface area contributed by atoms with Crippen molar-refractivity contribution >= 4 is 39.2 Å². The molecule has 148 valence electrons. The second kappa shape index (κ2) is 6.82. The summed E-state index contributed by atoms with van der Waals surface area (Å²) in [5.41, 5.74) is 1.21. The lowest BCUT2D eigenvalue weighted by Gasteiger charge is -2.35. The van der Waals surface area contributed by atoms with Crippen LogP contribution in [0.25, 0.3) is 0 Å². The maximum Gasteiger partial charge on any atom is 0.442 e. The number of carbonyl (C=O) groups excluding carboxylic acids is 1. The minimum Gasteiger partial charge on any atom is -0.317 e. The molecule has 1 saturated heterocycles. The third-order valence-corrected chi connectivity index (χ3v) is 7.52. The normalized spacial score (nSPS) is 23.4. The molecule has 0 aliphatic carbocycles. The molecule has 4 rings (SSSR count). The molecule has 28 heavy (non-hydrogen) atoms. The first-order chi connectivity index (χ1) is 13.3. The molecular weight excluding hydrogens is 400 g/mol. The summed E-state index contributed by atoms with van der Waals surface area (Å²) in [5.74, 6) is 0. The first kappa shape index (κ1) is 19.4. The molecule has 4 N–H and O–H groups in total. The van der Waals surface area contributed by atoms with Crippen LogP contribution in [0.5, 0.6) is 0 Å². The monoisotopic (exact) mass is 421 g/mol. The van der Waals surface area contributed by atoms with Crippen LogP contribution in [0.15, 0.2) is 48.5 Å². The van der Waals surface area contributed by atoms with Crippen molar-refractivity contribution in [1.82, 2.24) is 9.21 Å². The molecule has 2 amide bonds. The highest BCUT2D eigenvalue weighted by molar-refractivity contribution is 7.89. The van der Waals surface area contributed by atoms with Crippen molar-refractivity contribution < 1.29 is 13.2 Å². The first-order valence-corrected chi connectivity index (χ1v) is 11.0. The number of halogens is 1. The van der Waals surface area contributed by atoms with E-state index in [1.165, 1.54) is 0 Å². The lowest BCUT2D eigenvalue weighted by Crippen LogP contribution is -2.64. The molecule has 2 heterocycles. The van der Waals surface area contributed by atoms with Gasteiger partial charge < -0.3 is 5.32 Å². The summed E-state index contributed by atoms with van der Waals surface area (Å²) < 4.78 is 24.8. The van der Waals surface area contributed by atoms with Gasteiger partial charge in [-0.3, -0.25) is 5.32 Å². The number of urea groups is 1. The van der Waals surface area contributed by atoms with Crippen molar-refractivity contribution in [3.8, 4) is 0 Å². The summed E-state index contributed by atoms with van der Waals surface area (Å²) in [5, 5.41) is 12.0. The Morgan fingerprint density at radius 1 is 1.11 bits per heavy atom. The number of carbonyl (C=O) groups is 1. The summed E-state index contributed by atoms with van der Waals surface area (Å²) in [6.45, 7) is 1.58. The number of nitrogens with two attached hydrogens (primary N) is 1. The SMILES string of the molecule is NS(=O)(=O)[N+]1(C(=O)Nc2ccccc2Cl)CC2(CCNCC2)c2ccccc21. The molecule has 0 aromatic heterocycles. The fourth-order valence-corrected chi connectivity index (χ4v) is 5.78. The molecular formula is C19H22ClN4O3S+. The summed E-state index contributed by atoms with van der Waals surface area (Å²) in [6.07, 6.45) is 1.47. The Kier molecular flexibility index (Phi) is 4.71. The van der Waals surface area contributed by atoms with Gasteiger partial charge in [0.1, 0.15) is 6.54 Å². The Morgan fingerprint density at radius 3 is 2.43 bits per heavy atom. The highest BCUT2D eigenvalue weighted by Gasteiger charge is 2.63. The highest BCUT2D eigenvalue weighted by atomic mass is 35.5.